The van der Waals surface area contributed by atoms with Gasteiger partial charge in [-0.15, -0.1) is 0 Å². The van der Waals surface area contributed by atoms with Gasteiger partial charge in [0.15, 0.2) is 5.51 Å². The van der Waals surface area contributed by atoms with Gasteiger partial charge in [-0.3, -0.25) is 0 Å². The molecule has 1 atom stereocenters. The first-order chi connectivity index (χ1) is 10.6. The average Bonchev–Trinajstić information content (AvgIpc) is 3.13. The van der Waals surface area contributed by atoms with Gasteiger partial charge in [0.2, 0.25) is 5.88 Å². The summed E-state index contributed by atoms with van der Waals surface area (Å²) in [5.41, 5.74) is 3.63. The van der Waals surface area contributed by atoms with Crippen LogP contribution in [0.25, 0.3) is 10.3 Å². The van der Waals surface area contributed by atoms with Crippen LogP contribution in [0.15, 0.2) is 12.1 Å². The predicted octanol–water partition coefficient (Wildman–Crippen LogP) is 2.74. The van der Waals surface area contributed by atoms with E-state index in [1.165, 1.54) is 11.3 Å². The first-order valence-electron chi connectivity index (χ1n) is 7.34. The van der Waals surface area contributed by atoms with E-state index < -0.39 is 0 Å². The van der Waals surface area contributed by atoms with Crippen LogP contribution in [0.3, 0.4) is 0 Å². The van der Waals surface area contributed by atoms with E-state index in [1.54, 1.807) is 11.0 Å². The Bertz CT molecular complexity index is 658. The number of ether oxygens (including phenoxy) is 2. The highest BCUT2D eigenvalue weighted by molar-refractivity contribution is 7.15. The van der Waals surface area contributed by atoms with Crippen LogP contribution >= 0.6 is 11.3 Å². The molecule has 0 bridgehead atoms. The summed E-state index contributed by atoms with van der Waals surface area (Å²) in [4.78, 5) is 22.9. The fourth-order valence-electron chi connectivity index (χ4n) is 2.25. The SMILES string of the molecule is CC(C)COC(=O)N1CCC(Oc2ccc3n[c]sc3n2)C1. The molecule has 1 fully saturated rings. The van der Waals surface area contributed by atoms with Gasteiger partial charge in [-0.25, -0.2) is 14.8 Å². The van der Waals surface area contributed by atoms with Crippen molar-refractivity contribution in [3.63, 3.8) is 0 Å². The molecule has 2 aromatic rings. The van der Waals surface area contributed by atoms with Gasteiger partial charge in [-0.05, 0) is 12.0 Å². The largest absolute Gasteiger partial charge is 0.472 e. The fourth-order valence-corrected chi connectivity index (χ4v) is 2.83. The molecule has 7 heteroatoms. The second kappa shape index (κ2) is 6.48. The van der Waals surface area contributed by atoms with Crippen LogP contribution in [-0.4, -0.2) is 46.8 Å². The third-order valence-electron chi connectivity index (χ3n) is 3.35. The van der Waals surface area contributed by atoms with E-state index in [2.05, 4.69) is 15.5 Å². The highest BCUT2D eigenvalue weighted by Crippen LogP contribution is 2.22. The van der Waals surface area contributed by atoms with Crippen LogP contribution in [0, 0.1) is 11.4 Å². The zero-order valence-corrected chi connectivity index (χ0v) is 13.4. The molecule has 3 heterocycles. The number of hydrogen-bond acceptors (Lipinski definition) is 6. The maximum Gasteiger partial charge on any atom is 0.409 e. The van der Waals surface area contributed by atoms with Crippen molar-refractivity contribution in [2.45, 2.75) is 26.4 Å². The van der Waals surface area contributed by atoms with E-state index in [0.717, 1.165) is 16.8 Å². The monoisotopic (exact) mass is 320 g/mol. The highest BCUT2D eigenvalue weighted by Gasteiger charge is 2.29. The quantitative estimate of drug-likeness (QED) is 0.866. The second-order valence-electron chi connectivity index (χ2n) is 5.72. The molecule has 117 valence electrons. The molecule has 0 aromatic carbocycles. The van der Waals surface area contributed by atoms with E-state index in [1.807, 2.05) is 19.9 Å². The van der Waals surface area contributed by atoms with E-state index in [4.69, 9.17) is 9.47 Å². The number of amides is 1. The van der Waals surface area contributed by atoms with Crippen LogP contribution < -0.4 is 4.74 Å². The molecule has 1 unspecified atom stereocenters. The number of fused-ring (bicyclic) bond motifs is 1. The molecule has 1 aliphatic rings. The van der Waals surface area contributed by atoms with Crippen molar-refractivity contribution in [1.29, 1.82) is 0 Å². The number of carbonyl (C=O) groups is 1. The molecule has 0 spiro atoms. The Balaban J connectivity index is 1.55. The summed E-state index contributed by atoms with van der Waals surface area (Å²) in [6, 6.07) is 3.67. The number of nitrogens with zero attached hydrogens (tertiary/aromatic N) is 3. The van der Waals surface area contributed by atoms with E-state index in [0.29, 0.717) is 31.5 Å². The van der Waals surface area contributed by atoms with E-state index in [-0.39, 0.29) is 12.2 Å². The number of pyridine rings is 1. The Morgan fingerprint density at radius 2 is 2.41 bits per heavy atom. The van der Waals surface area contributed by atoms with Crippen molar-refractivity contribution >= 4 is 27.8 Å². The van der Waals surface area contributed by atoms with Crippen LogP contribution in [0.1, 0.15) is 20.3 Å². The Kier molecular flexibility index (Phi) is 4.42. The van der Waals surface area contributed by atoms with Gasteiger partial charge < -0.3 is 14.4 Å². The molecule has 1 radical (unpaired) electrons. The van der Waals surface area contributed by atoms with Crippen LogP contribution in [0.5, 0.6) is 5.88 Å². The minimum atomic E-state index is -0.264. The van der Waals surface area contributed by atoms with Crippen LogP contribution in [0.4, 0.5) is 4.79 Å². The Morgan fingerprint density at radius 3 is 3.23 bits per heavy atom. The Labute approximate surface area is 133 Å². The van der Waals surface area contributed by atoms with Gasteiger partial charge in [-0.1, -0.05) is 25.2 Å². The summed E-state index contributed by atoms with van der Waals surface area (Å²) >= 11 is 1.36. The molecule has 0 aliphatic carbocycles. The third kappa shape index (κ3) is 3.47. The van der Waals surface area contributed by atoms with Crippen LogP contribution in [0.2, 0.25) is 0 Å². The van der Waals surface area contributed by atoms with Gasteiger partial charge in [-0.2, -0.15) is 0 Å². The Hall–Kier alpha value is -1.89. The molecule has 2 aromatic heterocycles. The molecule has 6 nitrogen and oxygen atoms in total. The summed E-state index contributed by atoms with van der Waals surface area (Å²) in [5.74, 6) is 0.901. The number of thiazole rings is 1. The molecule has 22 heavy (non-hydrogen) atoms. The number of aromatic nitrogens is 2. The lowest BCUT2D eigenvalue weighted by molar-refractivity contribution is 0.0946. The van der Waals surface area contributed by atoms with Gasteiger partial charge >= 0.3 is 6.09 Å². The third-order valence-corrected chi connectivity index (χ3v) is 4.03. The van der Waals surface area contributed by atoms with Crippen molar-refractivity contribution in [2.24, 2.45) is 5.92 Å². The fraction of sp³-hybridized carbons (Fsp3) is 0.533. The number of rotatable bonds is 4. The molecule has 0 N–H and O–H groups in total. The summed E-state index contributed by atoms with van der Waals surface area (Å²) in [5, 5.41) is 0. The van der Waals surface area contributed by atoms with E-state index in [9.17, 15) is 4.79 Å². The number of carbonyl (C=O) groups excluding carboxylic acids is 1. The first-order valence-corrected chi connectivity index (χ1v) is 8.15. The van der Waals surface area contributed by atoms with Gasteiger partial charge in [0, 0.05) is 19.0 Å². The van der Waals surface area contributed by atoms with Crippen molar-refractivity contribution in [2.75, 3.05) is 19.7 Å². The summed E-state index contributed by atoms with van der Waals surface area (Å²) in [6.45, 7) is 5.66. The maximum atomic E-state index is 11.9. The number of likely N-dealkylation sites (tertiary alicyclic amines) is 1. The molecular weight excluding hydrogens is 302 g/mol. The predicted molar refractivity (Wildman–Crippen MR) is 83.0 cm³/mol. The molecule has 1 aliphatic heterocycles. The lowest BCUT2D eigenvalue weighted by Crippen LogP contribution is -2.32. The smallest absolute Gasteiger partial charge is 0.409 e. The second-order valence-corrected chi connectivity index (χ2v) is 6.50. The topological polar surface area (TPSA) is 64.5 Å². The van der Waals surface area contributed by atoms with Crippen molar-refractivity contribution in [3.8, 4) is 5.88 Å². The van der Waals surface area contributed by atoms with E-state index >= 15 is 0 Å². The van der Waals surface area contributed by atoms with Crippen molar-refractivity contribution in [3.05, 3.63) is 17.6 Å². The van der Waals surface area contributed by atoms with Gasteiger partial charge in [0.25, 0.3) is 0 Å². The molecule has 1 saturated heterocycles. The molecule has 1 amide bonds. The van der Waals surface area contributed by atoms with Crippen molar-refractivity contribution < 1.29 is 14.3 Å². The minimum Gasteiger partial charge on any atom is -0.472 e. The lowest BCUT2D eigenvalue weighted by atomic mass is 10.2. The first kappa shape index (κ1) is 15.0. The number of hydrogen-bond donors (Lipinski definition) is 0. The molecule has 0 saturated carbocycles. The molecular formula is C15H18N3O3S. The standard InChI is InChI=1S/C15H18N3O3S/c1-10(2)8-20-15(19)18-6-5-11(7-18)21-13-4-3-12-14(17-13)22-9-16-12/h3-4,10-11H,5-8H2,1-2H3. The summed E-state index contributed by atoms with van der Waals surface area (Å²) in [6.07, 6.45) is 0.472. The normalized spacial score (nSPS) is 18.1. The maximum absolute atomic E-state index is 11.9. The lowest BCUT2D eigenvalue weighted by Gasteiger charge is -2.17. The van der Waals surface area contributed by atoms with Crippen LogP contribution in [-0.2, 0) is 4.74 Å². The zero-order chi connectivity index (χ0) is 15.5. The van der Waals surface area contributed by atoms with Gasteiger partial charge in [0.1, 0.15) is 16.5 Å². The Morgan fingerprint density at radius 1 is 1.55 bits per heavy atom. The van der Waals surface area contributed by atoms with Gasteiger partial charge in [0.05, 0.1) is 13.2 Å². The molecule has 3 rings (SSSR count). The summed E-state index contributed by atoms with van der Waals surface area (Å²) < 4.78 is 11.1. The zero-order valence-electron chi connectivity index (χ0n) is 12.6. The minimum absolute atomic E-state index is 0.0477. The van der Waals surface area contributed by atoms with Crippen molar-refractivity contribution in [1.82, 2.24) is 14.9 Å². The average molecular weight is 320 g/mol. The summed E-state index contributed by atoms with van der Waals surface area (Å²) in [7, 11) is 0. The highest BCUT2D eigenvalue weighted by atomic mass is 32.1.